The SMILES string of the molecule is Cc1ccsc1-c1nnc(SCCCC(=O)c2ccccc2)o1. The number of aryl methyl sites for hydroxylation is 1. The minimum absolute atomic E-state index is 0.173. The van der Waals surface area contributed by atoms with Gasteiger partial charge in [-0.15, -0.1) is 21.5 Å². The van der Waals surface area contributed by atoms with Gasteiger partial charge in [0.1, 0.15) is 0 Å². The fraction of sp³-hybridized carbons (Fsp3) is 0.235. The van der Waals surface area contributed by atoms with E-state index >= 15 is 0 Å². The van der Waals surface area contributed by atoms with Gasteiger partial charge in [-0.25, -0.2) is 0 Å². The summed E-state index contributed by atoms with van der Waals surface area (Å²) in [5.74, 6) is 1.52. The smallest absolute Gasteiger partial charge is 0.276 e. The van der Waals surface area contributed by atoms with Crippen LogP contribution in [-0.4, -0.2) is 21.7 Å². The minimum atomic E-state index is 0.173. The van der Waals surface area contributed by atoms with Gasteiger partial charge in [-0.05, 0) is 30.4 Å². The van der Waals surface area contributed by atoms with Gasteiger partial charge in [-0.2, -0.15) is 0 Å². The minimum Gasteiger partial charge on any atom is -0.410 e. The van der Waals surface area contributed by atoms with E-state index < -0.39 is 0 Å². The van der Waals surface area contributed by atoms with Gasteiger partial charge in [0.25, 0.3) is 11.1 Å². The Kier molecular flexibility index (Phi) is 5.25. The summed E-state index contributed by atoms with van der Waals surface area (Å²) in [5.41, 5.74) is 1.91. The molecule has 0 aliphatic rings. The normalized spacial score (nSPS) is 10.8. The number of aromatic nitrogens is 2. The van der Waals surface area contributed by atoms with Crippen molar-refractivity contribution in [1.82, 2.24) is 10.2 Å². The van der Waals surface area contributed by atoms with Gasteiger partial charge in [0, 0.05) is 17.7 Å². The Morgan fingerprint density at radius 1 is 1.22 bits per heavy atom. The molecule has 0 bridgehead atoms. The Balaban J connectivity index is 1.47. The summed E-state index contributed by atoms with van der Waals surface area (Å²) in [4.78, 5) is 13.0. The van der Waals surface area contributed by atoms with Crippen LogP contribution in [0.25, 0.3) is 10.8 Å². The molecule has 1 aromatic carbocycles. The van der Waals surface area contributed by atoms with Gasteiger partial charge < -0.3 is 4.42 Å². The maximum atomic E-state index is 12.0. The third-order valence-corrected chi connectivity index (χ3v) is 5.24. The Bertz CT molecular complexity index is 781. The number of Topliss-reactive ketones (excluding diaryl/α,β-unsaturated/α-hetero) is 1. The monoisotopic (exact) mass is 344 g/mol. The lowest BCUT2D eigenvalue weighted by Gasteiger charge is -1.99. The summed E-state index contributed by atoms with van der Waals surface area (Å²) in [6.07, 6.45) is 1.32. The number of rotatable bonds is 7. The van der Waals surface area contributed by atoms with Crippen LogP contribution in [-0.2, 0) is 0 Å². The predicted octanol–water partition coefficient (Wildman–Crippen LogP) is 4.86. The first-order valence-corrected chi connectivity index (χ1v) is 9.19. The number of ketones is 1. The molecule has 4 nitrogen and oxygen atoms in total. The van der Waals surface area contributed by atoms with Crippen LogP contribution in [0.2, 0.25) is 0 Å². The van der Waals surface area contributed by atoms with Gasteiger partial charge in [0.15, 0.2) is 5.78 Å². The van der Waals surface area contributed by atoms with Crippen LogP contribution in [0.3, 0.4) is 0 Å². The molecular formula is C17H16N2O2S2. The Morgan fingerprint density at radius 3 is 2.78 bits per heavy atom. The molecular weight excluding hydrogens is 328 g/mol. The van der Waals surface area contributed by atoms with Crippen molar-refractivity contribution < 1.29 is 9.21 Å². The van der Waals surface area contributed by atoms with Crippen molar-refractivity contribution in [2.45, 2.75) is 25.0 Å². The molecule has 2 aromatic heterocycles. The van der Waals surface area contributed by atoms with Gasteiger partial charge in [0.2, 0.25) is 0 Å². The number of benzene rings is 1. The van der Waals surface area contributed by atoms with Gasteiger partial charge in [-0.3, -0.25) is 4.79 Å². The zero-order valence-corrected chi connectivity index (χ0v) is 14.3. The van der Waals surface area contributed by atoms with Crippen LogP contribution in [0, 0.1) is 6.92 Å². The highest BCUT2D eigenvalue weighted by Crippen LogP contribution is 2.30. The second-order valence-electron chi connectivity index (χ2n) is 5.05. The Morgan fingerprint density at radius 2 is 2.04 bits per heavy atom. The first-order valence-electron chi connectivity index (χ1n) is 7.33. The molecule has 3 aromatic rings. The average Bonchev–Trinajstić information content (AvgIpc) is 3.21. The number of nitrogens with zero attached hydrogens (tertiary/aromatic N) is 2. The lowest BCUT2D eigenvalue weighted by atomic mass is 10.1. The molecule has 3 rings (SSSR count). The maximum Gasteiger partial charge on any atom is 0.276 e. The maximum absolute atomic E-state index is 12.0. The first kappa shape index (κ1) is 16.0. The highest BCUT2D eigenvalue weighted by Gasteiger charge is 2.12. The van der Waals surface area contributed by atoms with Crippen LogP contribution in [0.4, 0.5) is 0 Å². The Hall–Kier alpha value is -1.92. The van der Waals surface area contributed by atoms with Crippen LogP contribution >= 0.6 is 23.1 Å². The number of thiophene rings is 1. The summed E-state index contributed by atoms with van der Waals surface area (Å²) in [5, 5.41) is 10.7. The zero-order chi connectivity index (χ0) is 16.1. The molecule has 23 heavy (non-hydrogen) atoms. The first-order chi connectivity index (χ1) is 11.2. The Labute approximate surface area is 142 Å². The molecule has 0 atom stereocenters. The molecule has 2 heterocycles. The number of thioether (sulfide) groups is 1. The molecule has 0 N–H and O–H groups in total. The number of carbonyl (C=O) groups is 1. The summed E-state index contributed by atoms with van der Waals surface area (Å²) >= 11 is 3.09. The van der Waals surface area contributed by atoms with E-state index in [1.165, 1.54) is 11.8 Å². The molecule has 0 fully saturated rings. The van der Waals surface area contributed by atoms with Crippen molar-refractivity contribution in [3.8, 4) is 10.8 Å². The topological polar surface area (TPSA) is 56.0 Å². The van der Waals surface area contributed by atoms with Crippen molar-refractivity contribution in [2.24, 2.45) is 0 Å². The second-order valence-corrected chi connectivity index (χ2v) is 7.01. The van der Waals surface area contributed by atoms with Crippen LogP contribution in [0.5, 0.6) is 0 Å². The molecule has 0 saturated carbocycles. The van der Waals surface area contributed by atoms with E-state index in [1.54, 1.807) is 11.3 Å². The summed E-state index contributed by atoms with van der Waals surface area (Å²) in [7, 11) is 0. The van der Waals surface area contributed by atoms with Crippen molar-refractivity contribution in [2.75, 3.05) is 5.75 Å². The van der Waals surface area contributed by atoms with Crippen LogP contribution < -0.4 is 0 Å². The van der Waals surface area contributed by atoms with Crippen molar-refractivity contribution >= 4 is 28.9 Å². The molecule has 0 aliphatic heterocycles. The van der Waals surface area contributed by atoms with Crippen LogP contribution in [0.15, 0.2) is 51.4 Å². The fourth-order valence-corrected chi connectivity index (χ4v) is 3.66. The molecule has 0 saturated heterocycles. The molecule has 118 valence electrons. The summed E-state index contributed by atoms with van der Waals surface area (Å²) in [6.45, 7) is 2.03. The highest BCUT2D eigenvalue weighted by atomic mass is 32.2. The second kappa shape index (κ2) is 7.57. The fourth-order valence-electron chi connectivity index (χ4n) is 2.11. The summed E-state index contributed by atoms with van der Waals surface area (Å²) < 4.78 is 5.67. The van der Waals surface area contributed by atoms with E-state index in [-0.39, 0.29) is 5.78 Å². The molecule has 0 radical (unpaired) electrons. The molecule has 0 unspecified atom stereocenters. The van der Waals surface area contributed by atoms with Crippen molar-refractivity contribution in [3.63, 3.8) is 0 Å². The van der Waals surface area contributed by atoms with Crippen molar-refractivity contribution in [1.29, 1.82) is 0 Å². The predicted molar refractivity (Wildman–Crippen MR) is 93.1 cm³/mol. The molecule has 6 heteroatoms. The molecule has 0 aliphatic carbocycles. The number of carbonyl (C=O) groups excluding carboxylic acids is 1. The highest BCUT2D eigenvalue weighted by molar-refractivity contribution is 7.99. The lowest BCUT2D eigenvalue weighted by Crippen LogP contribution is -1.99. The third-order valence-electron chi connectivity index (χ3n) is 3.33. The molecule has 0 amide bonds. The van der Waals surface area contributed by atoms with Gasteiger partial charge in [-0.1, -0.05) is 42.1 Å². The van der Waals surface area contributed by atoms with E-state index in [2.05, 4.69) is 10.2 Å². The van der Waals surface area contributed by atoms with E-state index in [0.29, 0.717) is 17.5 Å². The summed E-state index contributed by atoms with van der Waals surface area (Å²) in [6, 6.07) is 11.4. The molecule has 0 spiro atoms. The van der Waals surface area contributed by atoms with Crippen molar-refractivity contribution in [3.05, 3.63) is 52.9 Å². The average molecular weight is 344 g/mol. The van der Waals surface area contributed by atoms with E-state index in [9.17, 15) is 4.79 Å². The number of hydrogen-bond donors (Lipinski definition) is 0. The lowest BCUT2D eigenvalue weighted by molar-refractivity contribution is 0.0982. The van der Waals surface area contributed by atoms with Gasteiger partial charge in [0.05, 0.1) is 4.88 Å². The number of hydrogen-bond acceptors (Lipinski definition) is 6. The zero-order valence-electron chi connectivity index (χ0n) is 12.7. The van der Waals surface area contributed by atoms with E-state index in [0.717, 1.165) is 28.2 Å². The standard InChI is InChI=1S/C17H16N2O2S2/c1-12-9-11-22-15(12)16-18-19-17(21-16)23-10-5-8-14(20)13-6-3-2-4-7-13/h2-4,6-7,9,11H,5,8,10H2,1H3. The quantitative estimate of drug-likeness (QED) is 0.348. The largest absolute Gasteiger partial charge is 0.410 e. The van der Waals surface area contributed by atoms with E-state index in [1.807, 2.05) is 48.7 Å². The van der Waals surface area contributed by atoms with Crippen LogP contribution in [0.1, 0.15) is 28.8 Å². The van der Waals surface area contributed by atoms with Gasteiger partial charge >= 0.3 is 0 Å². The third kappa shape index (κ3) is 4.09. The van der Waals surface area contributed by atoms with E-state index in [4.69, 9.17) is 4.42 Å².